The summed E-state index contributed by atoms with van der Waals surface area (Å²) in [5.74, 6) is -3.85. The molecule has 268 valence electrons. The molecule has 0 radical (unpaired) electrons. The van der Waals surface area contributed by atoms with E-state index in [1.807, 2.05) is 0 Å². The van der Waals surface area contributed by atoms with Crippen LogP contribution in [-0.4, -0.2) is 81.6 Å². The topological polar surface area (TPSA) is 170 Å². The maximum Gasteiger partial charge on any atom is 0.407 e. The Kier molecular flexibility index (Phi) is 12.8. The van der Waals surface area contributed by atoms with Crippen LogP contribution >= 0.6 is 0 Å². The van der Waals surface area contributed by atoms with E-state index < -0.39 is 46.8 Å². The van der Waals surface area contributed by atoms with Gasteiger partial charge in [0.25, 0.3) is 0 Å². The van der Waals surface area contributed by atoms with Gasteiger partial charge in [0, 0.05) is 24.3 Å². The number of alkyl carbamates (subject to hydrolysis) is 1. The standard InChI is InChI=1S/C35H51NO12/c1-8-23-18-34(23,27(38)43-10-3)29(40)46-15-14-45-26(37)12-13-33(7)21-25(20-32(5,6)22-33)36-31(42)48-17-16-47-30(41)35(19-24(35)9-2)28(39)44-11-4/h8-9,23-25H,1-2,10-22H2,3-7H3,(H,36,42). The van der Waals surface area contributed by atoms with Crippen LogP contribution in [-0.2, 0) is 52.4 Å². The fourth-order valence-corrected chi connectivity index (χ4v) is 7.20. The van der Waals surface area contributed by atoms with Gasteiger partial charge in [0.1, 0.15) is 26.4 Å². The van der Waals surface area contributed by atoms with Gasteiger partial charge in [-0.1, -0.05) is 32.9 Å². The van der Waals surface area contributed by atoms with Gasteiger partial charge >= 0.3 is 35.9 Å². The minimum atomic E-state index is -1.38. The Balaban J connectivity index is 1.39. The molecule has 48 heavy (non-hydrogen) atoms. The molecule has 13 heteroatoms. The van der Waals surface area contributed by atoms with Crippen molar-refractivity contribution in [2.45, 2.75) is 85.6 Å². The summed E-state index contributed by atoms with van der Waals surface area (Å²) in [5.41, 5.74) is -3.16. The van der Waals surface area contributed by atoms with E-state index in [9.17, 15) is 28.8 Å². The molecule has 1 N–H and O–H groups in total. The smallest absolute Gasteiger partial charge is 0.407 e. The highest BCUT2D eigenvalue weighted by Gasteiger charge is 2.67. The lowest BCUT2D eigenvalue weighted by Crippen LogP contribution is -2.47. The lowest BCUT2D eigenvalue weighted by molar-refractivity contribution is -0.168. The third-order valence-corrected chi connectivity index (χ3v) is 9.43. The molecule has 3 rings (SSSR count). The number of nitrogens with one attached hydrogen (secondary N) is 1. The Hall–Kier alpha value is -3.90. The molecule has 3 aliphatic rings. The summed E-state index contributed by atoms with van der Waals surface area (Å²) in [6.07, 6.45) is 5.74. The zero-order valence-electron chi connectivity index (χ0n) is 28.9. The number of esters is 5. The average Bonchev–Trinajstić information content (AvgIpc) is 3.93. The van der Waals surface area contributed by atoms with Gasteiger partial charge in [-0.05, 0) is 63.2 Å². The second-order valence-corrected chi connectivity index (χ2v) is 14.0. The number of allylic oxidation sites excluding steroid dienone is 2. The van der Waals surface area contributed by atoms with E-state index in [4.69, 9.17) is 28.4 Å². The van der Waals surface area contributed by atoms with Crippen molar-refractivity contribution in [2.24, 2.45) is 33.5 Å². The monoisotopic (exact) mass is 677 g/mol. The number of ether oxygens (including phenoxy) is 6. The van der Waals surface area contributed by atoms with Gasteiger partial charge in [0.2, 0.25) is 0 Å². The fraction of sp³-hybridized carbons (Fsp3) is 0.714. The average molecular weight is 678 g/mol. The number of hydrogen-bond acceptors (Lipinski definition) is 12. The molecule has 0 aliphatic heterocycles. The Morgan fingerprint density at radius 3 is 1.58 bits per heavy atom. The van der Waals surface area contributed by atoms with Crippen LogP contribution in [0.3, 0.4) is 0 Å². The van der Waals surface area contributed by atoms with Crippen LogP contribution in [0.1, 0.15) is 79.6 Å². The molecule has 13 nitrogen and oxygen atoms in total. The minimum absolute atomic E-state index is 0.132. The highest BCUT2D eigenvalue weighted by atomic mass is 16.6. The Morgan fingerprint density at radius 1 is 0.667 bits per heavy atom. The van der Waals surface area contributed by atoms with E-state index in [2.05, 4.69) is 39.2 Å². The Labute approximate surface area is 282 Å². The van der Waals surface area contributed by atoms with E-state index >= 15 is 0 Å². The normalized spacial score (nSPS) is 29.6. The van der Waals surface area contributed by atoms with E-state index in [-0.39, 0.29) is 87.6 Å². The van der Waals surface area contributed by atoms with Gasteiger partial charge < -0.3 is 33.7 Å². The van der Waals surface area contributed by atoms with Crippen LogP contribution in [0.25, 0.3) is 0 Å². The third-order valence-electron chi connectivity index (χ3n) is 9.43. The van der Waals surface area contributed by atoms with Gasteiger partial charge in [0.05, 0.1) is 13.2 Å². The van der Waals surface area contributed by atoms with Crippen molar-refractivity contribution >= 4 is 35.9 Å². The third kappa shape index (κ3) is 9.16. The summed E-state index contributed by atoms with van der Waals surface area (Å²) in [6.45, 7) is 16.4. The molecule has 0 bridgehead atoms. The van der Waals surface area contributed by atoms with E-state index in [0.717, 1.165) is 6.42 Å². The lowest BCUT2D eigenvalue weighted by Gasteiger charge is -2.46. The van der Waals surface area contributed by atoms with Crippen LogP contribution in [0.2, 0.25) is 0 Å². The van der Waals surface area contributed by atoms with Crippen molar-refractivity contribution in [1.82, 2.24) is 5.32 Å². The molecule has 3 aliphatic carbocycles. The minimum Gasteiger partial charge on any atom is -0.465 e. The number of hydrogen-bond donors (Lipinski definition) is 1. The molecule has 3 fully saturated rings. The molecule has 6 unspecified atom stereocenters. The van der Waals surface area contributed by atoms with Gasteiger partial charge in [0.15, 0.2) is 10.8 Å². The van der Waals surface area contributed by atoms with Crippen molar-refractivity contribution in [3.8, 4) is 0 Å². The van der Waals surface area contributed by atoms with Crippen molar-refractivity contribution in [1.29, 1.82) is 0 Å². The first-order chi connectivity index (χ1) is 22.6. The van der Waals surface area contributed by atoms with Gasteiger partial charge in [-0.25, -0.2) is 4.79 Å². The molecule has 0 saturated heterocycles. The van der Waals surface area contributed by atoms with Crippen LogP contribution in [0, 0.1) is 33.5 Å². The first-order valence-electron chi connectivity index (χ1n) is 16.7. The molecule has 3 saturated carbocycles. The summed E-state index contributed by atoms with van der Waals surface area (Å²) in [4.78, 5) is 75.1. The number of carbonyl (C=O) groups is 6. The summed E-state index contributed by atoms with van der Waals surface area (Å²) in [6, 6.07) is -0.218. The molecular weight excluding hydrogens is 626 g/mol. The van der Waals surface area contributed by atoms with Crippen molar-refractivity contribution < 1.29 is 57.2 Å². The quantitative estimate of drug-likeness (QED) is 0.0722. The van der Waals surface area contributed by atoms with Gasteiger partial charge in [-0.3, -0.25) is 24.0 Å². The molecule has 0 heterocycles. The summed E-state index contributed by atoms with van der Waals surface area (Å²) < 4.78 is 31.1. The summed E-state index contributed by atoms with van der Waals surface area (Å²) in [7, 11) is 0. The molecule has 1 amide bonds. The first kappa shape index (κ1) is 38.5. The molecule has 0 aromatic heterocycles. The van der Waals surface area contributed by atoms with Crippen LogP contribution in [0.5, 0.6) is 0 Å². The number of rotatable bonds is 18. The van der Waals surface area contributed by atoms with Crippen molar-refractivity contribution in [3.63, 3.8) is 0 Å². The molecule has 0 spiro atoms. The Bertz CT molecular complexity index is 1260. The van der Waals surface area contributed by atoms with Gasteiger partial charge in [-0.15, -0.1) is 13.2 Å². The molecule has 6 atom stereocenters. The van der Waals surface area contributed by atoms with Crippen LogP contribution in [0.4, 0.5) is 4.79 Å². The van der Waals surface area contributed by atoms with Crippen molar-refractivity contribution in [3.05, 3.63) is 25.3 Å². The number of carbonyl (C=O) groups excluding carboxylic acids is 6. The van der Waals surface area contributed by atoms with E-state index in [0.29, 0.717) is 19.3 Å². The summed E-state index contributed by atoms with van der Waals surface area (Å²) in [5, 5.41) is 2.90. The highest BCUT2D eigenvalue weighted by molar-refractivity contribution is 6.05. The molecule has 0 aromatic carbocycles. The second-order valence-electron chi connectivity index (χ2n) is 14.0. The van der Waals surface area contributed by atoms with E-state index in [1.165, 1.54) is 12.2 Å². The maximum atomic E-state index is 12.6. The van der Waals surface area contributed by atoms with Gasteiger partial charge in [-0.2, -0.15) is 0 Å². The molecular formula is C35H51NO12. The van der Waals surface area contributed by atoms with Crippen LogP contribution in [0.15, 0.2) is 25.3 Å². The zero-order chi connectivity index (χ0) is 35.8. The second kappa shape index (κ2) is 16.0. The maximum absolute atomic E-state index is 12.6. The zero-order valence-corrected chi connectivity index (χ0v) is 28.9. The first-order valence-corrected chi connectivity index (χ1v) is 16.7. The predicted molar refractivity (Wildman–Crippen MR) is 171 cm³/mol. The van der Waals surface area contributed by atoms with E-state index in [1.54, 1.807) is 13.8 Å². The predicted octanol–water partition coefficient (Wildman–Crippen LogP) is 4.22. The Morgan fingerprint density at radius 2 is 1.12 bits per heavy atom. The highest BCUT2D eigenvalue weighted by Crippen LogP contribution is 2.56. The molecule has 0 aromatic rings. The lowest BCUT2D eigenvalue weighted by atomic mass is 9.61. The van der Waals surface area contributed by atoms with Crippen molar-refractivity contribution in [2.75, 3.05) is 39.6 Å². The largest absolute Gasteiger partial charge is 0.465 e. The number of amides is 1. The summed E-state index contributed by atoms with van der Waals surface area (Å²) >= 11 is 0. The van der Waals surface area contributed by atoms with Crippen LogP contribution < -0.4 is 5.32 Å². The fourth-order valence-electron chi connectivity index (χ4n) is 7.20. The SMILES string of the molecule is C=CC1CC1(C(=O)OCC)C(=O)OCCOC(=O)CCC1(C)CC(NC(=O)OCCOC(=O)C2(C(=O)OCC)CC2C=C)CC(C)(C)C1.